The number of carbonyl (C=O) groups excluding carboxylic acids is 2. The third-order valence-electron chi connectivity index (χ3n) is 4.67. The molecule has 0 saturated heterocycles. The second kappa shape index (κ2) is 9.97. The van der Waals surface area contributed by atoms with Gasteiger partial charge >= 0.3 is 5.97 Å². The summed E-state index contributed by atoms with van der Waals surface area (Å²) in [5, 5.41) is 11.2. The van der Waals surface area contributed by atoms with Crippen molar-refractivity contribution < 1.29 is 18.7 Å². The number of anilines is 1. The first-order valence-electron chi connectivity index (χ1n) is 10.0. The first-order chi connectivity index (χ1) is 16.0. The van der Waals surface area contributed by atoms with Gasteiger partial charge in [0.15, 0.2) is 15.4 Å². The lowest BCUT2D eigenvalue weighted by molar-refractivity contribution is -0.139. The number of fused-ring (bicyclic) bond motifs is 1. The highest BCUT2D eigenvalue weighted by molar-refractivity contribution is 8.01. The normalized spacial score (nSPS) is 10.8. The highest BCUT2D eigenvalue weighted by atomic mass is 32.2. The molecule has 4 aromatic rings. The average molecular weight is 482 g/mol. The van der Waals surface area contributed by atoms with Gasteiger partial charge < -0.3 is 9.15 Å². The summed E-state index contributed by atoms with van der Waals surface area (Å²) in [6.07, 6.45) is 0. The number of hydrogen-bond donors (Lipinski definition) is 1. The number of para-hydroxylation sites is 1. The average Bonchev–Trinajstić information content (AvgIpc) is 3.27. The predicted octanol–water partition coefficient (Wildman–Crippen LogP) is 4.53. The topological polar surface area (TPSA) is 111 Å². The van der Waals surface area contributed by atoms with Crippen molar-refractivity contribution in [3.63, 3.8) is 0 Å². The molecular weight excluding hydrogens is 462 g/mol. The summed E-state index contributed by atoms with van der Waals surface area (Å²) in [6.45, 7) is 3.75. The number of rotatable bonds is 7. The lowest BCUT2D eigenvalue weighted by atomic mass is 10.0. The summed E-state index contributed by atoms with van der Waals surface area (Å²) >= 11 is 2.31. The van der Waals surface area contributed by atoms with Gasteiger partial charge in [-0.2, -0.15) is 0 Å². The van der Waals surface area contributed by atoms with Crippen LogP contribution in [-0.4, -0.2) is 34.4 Å². The van der Waals surface area contributed by atoms with Gasteiger partial charge in [-0.15, -0.1) is 10.2 Å². The standard InChI is InChI=1S/C23H19N3O5S2/c1-3-30-17(27)12-32-23-26-25-22(33-23)24-21(29)16-11-7-10-15-18(28)13(2)19(31-20(15)16)14-8-5-4-6-9-14/h4-11H,3,12H2,1-2H3,(H,24,25,29). The van der Waals surface area contributed by atoms with Crippen LogP contribution in [-0.2, 0) is 9.53 Å². The van der Waals surface area contributed by atoms with Gasteiger partial charge in [-0.05, 0) is 26.0 Å². The van der Waals surface area contributed by atoms with E-state index < -0.39 is 5.91 Å². The highest BCUT2D eigenvalue weighted by Gasteiger charge is 2.19. The fourth-order valence-corrected chi connectivity index (χ4v) is 4.70. The number of nitrogens with zero attached hydrogens (tertiary/aromatic N) is 2. The smallest absolute Gasteiger partial charge is 0.316 e. The Morgan fingerprint density at radius 2 is 1.91 bits per heavy atom. The second-order valence-corrected chi connectivity index (χ2v) is 9.05. The van der Waals surface area contributed by atoms with E-state index in [4.69, 9.17) is 9.15 Å². The van der Waals surface area contributed by atoms with Crippen LogP contribution in [0, 0.1) is 6.92 Å². The molecule has 10 heteroatoms. The predicted molar refractivity (Wildman–Crippen MR) is 128 cm³/mol. The van der Waals surface area contributed by atoms with Crippen molar-refractivity contribution in [1.29, 1.82) is 0 Å². The van der Waals surface area contributed by atoms with Crippen molar-refractivity contribution in [2.45, 2.75) is 18.2 Å². The molecule has 0 saturated carbocycles. The molecule has 4 rings (SSSR count). The SMILES string of the molecule is CCOC(=O)CSc1nnc(NC(=O)c2cccc3c(=O)c(C)c(-c4ccccc4)oc23)s1. The fraction of sp³-hybridized carbons (Fsp3) is 0.174. The van der Waals surface area contributed by atoms with Crippen LogP contribution in [0.3, 0.4) is 0 Å². The third-order valence-corrected chi connectivity index (χ3v) is 6.62. The van der Waals surface area contributed by atoms with Crippen molar-refractivity contribution in [1.82, 2.24) is 10.2 Å². The van der Waals surface area contributed by atoms with Gasteiger partial charge in [0.05, 0.1) is 23.3 Å². The van der Waals surface area contributed by atoms with Crippen molar-refractivity contribution in [2.75, 3.05) is 17.7 Å². The largest absolute Gasteiger partial charge is 0.465 e. The Labute approximate surface area is 197 Å². The van der Waals surface area contributed by atoms with E-state index in [0.717, 1.165) is 16.9 Å². The summed E-state index contributed by atoms with van der Waals surface area (Å²) in [5.41, 5.74) is 1.43. The van der Waals surface area contributed by atoms with Gasteiger partial charge in [0.2, 0.25) is 5.13 Å². The summed E-state index contributed by atoms with van der Waals surface area (Å²) in [4.78, 5) is 37.5. The Bertz CT molecular complexity index is 1380. The molecule has 0 aliphatic rings. The molecule has 1 amide bonds. The number of ether oxygens (including phenoxy) is 1. The number of nitrogens with one attached hydrogen (secondary N) is 1. The summed E-state index contributed by atoms with van der Waals surface area (Å²) in [5.74, 6) is -0.308. The molecule has 0 bridgehead atoms. The van der Waals surface area contributed by atoms with Crippen LogP contribution in [0.4, 0.5) is 5.13 Å². The lowest BCUT2D eigenvalue weighted by Gasteiger charge is -2.10. The van der Waals surface area contributed by atoms with Crippen LogP contribution in [0.15, 0.2) is 62.1 Å². The van der Waals surface area contributed by atoms with Crippen LogP contribution < -0.4 is 10.7 Å². The molecule has 0 unspecified atom stereocenters. The van der Waals surface area contributed by atoms with Crippen LogP contribution in [0.5, 0.6) is 0 Å². The third kappa shape index (κ3) is 4.96. The zero-order valence-corrected chi connectivity index (χ0v) is 19.4. The number of thioether (sulfide) groups is 1. The molecule has 168 valence electrons. The molecule has 2 aromatic heterocycles. The Morgan fingerprint density at radius 1 is 1.12 bits per heavy atom. The number of benzene rings is 2. The van der Waals surface area contributed by atoms with Crippen LogP contribution in [0.2, 0.25) is 0 Å². The Kier molecular flexibility index (Phi) is 6.85. The summed E-state index contributed by atoms with van der Waals surface area (Å²) < 4.78 is 11.5. The van der Waals surface area contributed by atoms with Crippen molar-refractivity contribution in [2.24, 2.45) is 0 Å². The van der Waals surface area contributed by atoms with Gasteiger partial charge in [-0.1, -0.05) is 59.5 Å². The van der Waals surface area contributed by atoms with E-state index in [1.807, 2.05) is 30.3 Å². The van der Waals surface area contributed by atoms with Crippen molar-refractivity contribution in [3.05, 3.63) is 69.9 Å². The molecule has 0 fully saturated rings. The zero-order chi connectivity index (χ0) is 23.4. The Balaban J connectivity index is 1.62. The minimum absolute atomic E-state index is 0.104. The number of esters is 1. The van der Waals surface area contributed by atoms with Gasteiger partial charge in [-0.25, -0.2) is 0 Å². The van der Waals surface area contributed by atoms with Gasteiger partial charge in [0.25, 0.3) is 5.91 Å². The first kappa shape index (κ1) is 22.7. The zero-order valence-electron chi connectivity index (χ0n) is 17.8. The minimum Gasteiger partial charge on any atom is -0.465 e. The molecule has 0 atom stereocenters. The molecule has 0 aliphatic heterocycles. The Hall–Kier alpha value is -3.50. The van der Waals surface area contributed by atoms with E-state index in [-0.39, 0.29) is 33.4 Å². The molecule has 8 nitrogen and oxygen atoms in total. The number of amides is 1. The van der Waals surface area contributed by atoms with E-state index in [1.165, 1.54) is 11.8 Å². The van der Waals surface area contributed by atoms with Gasteiger partial charge in [0.1, 0.15) is 5.76 Å². The van der Waals surface area contributed by atoms with E-state index in [0.29, 0.717) is 27.7 Å². The second-order valence-electron chi connectivity index (χ2n) is 6.85. The van der Waals surface area contributed by atoms with E-state index >= 15 is 0 Å². The maximum atomic E-state index is 13.0. The number of carbonyl (C=O) groups is 2. The first-order valence-corrected chi connectivity index (χ1v) is 11.8. The maximum Gasteiger partial charge on any atom is 0.316 e. The molecule has 1 N–H and O–H groups in total. The summed E-state index contributed by atoms with van der Waals surface area (Å²) in [7, 11) is 0. The summed E-state index contributed by atoms with van der Waals surface area (Å²) in [6, 6.07) is 14.1. The molecular formula is C23H19N3O5S2. The maximum absolute atomic E-state index is 13.0. The van der Waals surface area contributed by atoms with Gasteiger partial charge in [-0.3, -0.25) is 19.7 Å². The quantitative estimate of drug-likeness (QED) is 0.233. The molecule has 2 aromatic carbocycles. The lowest BCUT2D eigenvalue weighted by Crippen LogP contribution is -2.14. The number of hydrogen-bond acceptors (Lipinski definition) is 9. The molecule has 33 heavy (non-hydrogen) atoms. The monoisotopic (exact) mass is 481 g/mol. The molecule has 2 heterocycles. The van der Waals surface area contributed by atoms with Crippen molar-refractivity contribution >= 4 is 51.1 Å². The van der Waals surface area contributed by atoms with Crippen LogP contribution >= 0.6 is 23.1 Å². The molecule has 0 radical (unpaired) electrons. The fourth-order valence-electron chi connectivity index (χ4n) is 3.16. The van der Waals surface area contributed by atoms with E-state index in [2.05, 4.69) is 15.5 Å². The molecule has 0 spiro atoms. The highest BCUT2D eigenvalue weighted by Crippen LogP contribution is 2.29. The Morgan fingerprint density at radius 3 is 2.67 bits per heavy atom. The minimum atomic E-state index is -0.482. The number of aromatic nitrogens is 2. The van der Waals surface area contributed by atoms with E-state index in [9.17, 15) is 14.4 Å². The molecule has 0 aliphatic carbocycles. The van der Waals surface area contributed by atoms with Gasteiger partial charge in [0, 0.05) is 11.1 Å². The van der Waals surface area contributed by atoms with Crippen molar-refractivity contribution in [3.8, 4) is 11.3 Å². The van der Waals surface area contributed by atoms with Crippen LogP contribution in [0.1, 0.15) is 22.8 Å². The van der Waals surface area contributed by atoms with Crippen LogP contribution in [0.25, 0.3) is 22.3 Å². The van der Waals surface area contributed by atoms with E-state index in [1.54, 1.807) is 32.0 Å².